The second-order valence-corrected chi connectivity index (χ2v) is 8.31. The van der Waals surface area contributed by atoms with Gasteiger partial charge < -0.3 is 9.88 Å². The molecule has 0 saturated carbocycles. The van der Waals surface area contributed by atoms with Gasteiger partial charge in [-0.2, -0.15) is 0 Å². The zero-order chi connectivity index (χ0) is 19.1. The van der Waals surface area contributed by atoms with Crippen molar-refractivity contribution in [3.63, 3.8) is 0 Å². The number of hydrogen-bond acceptors (Lipinski definition) is 4. The Morgan fingerprint density at radius 1 is 1.21 bits per heavy atom. The normalized spacial score (nSPS) is 16.1. The van der Waals surface area contributed by atoms with Crippen LogP contribution < -0.4 is 5.32 Å². The Morgan fingerprint density at radius 3 is 2.93 bits per heavy atom. The lowest BCUT2D eigenvalue weighted by Crippen LogP contribution is -2.30. The number of aromatic nitrogens is 3. The zero-order valence-electron chi connectivity index (χ0n) is 15.6. The zero-order valence-corrected chi connectivity index (χ0v) is 16.4. The lowest BCUT2D eigenvalue weighted by Gasteiger charge is -2.22. The Bertz CT molecular complexity index is 1160. The van der Waals surface area contributed by atoms with Crippen molar-refractivity contribution in [2.75, 3.05) is 5.32 Å². The molecular weight excluding hydrogens is 368 g/mol. The van der Waals surface area contributed by atoms with E-state index in [1.54, 1.807) is 17.5 Å². The number of aryl methyl sites for hydroxylation is 2. The van der Waals surface area contributed by atoms with E-state index >= 15 is 0 Å². The lowest BCUT2D eigenvalue weighted by atomic mass is 9.97. The molecule has 1 aliphatic heterocycles. The fourth-order valence-corrected chi connectivity index (χ4v) is 4.74. The topological polar surface area (TPSA) is 59.8 Å². The van der Waals surface area contributed by atoms with Gasteiger partial charge in [-0.05, 0) is 55.3 Å². The lowest BCUT2D eigenvalue weighted by molar-refractivity contribution is -0.120. The van der Waals surface area contributed by atoms with Crippen LogP contribution >= 0.6 is 11.3 Å². The molecule has 0 bridgehead atoms. The van der Waals surface area contributed by atoms with Crippen molar-refractivity contribution in [1.29, 1.82) is 0 Å². The van der Waals surface area contributed by atoms with Gasteiger partial charge in [0, 0.05) is 42.5 Å². The highest BCUT2D eigenvalue weighted by Gasteiger charge is 2.25. The van der Waals surface area contributed by atoms with Crippen molar-refractivity contribution in [2.24, 2.45) is 5.92 Å². The number of nitrogens with one attached hydrogen (secondary N) is 1. The van der Waals surface area contributed by atoms with Crippen LogP contribution in [0.2, 0.25) is 0 Å². The summed E-state index contributed by atoms with van der Waals surface area (Å²) < 4.78 is 3.32. The molecule has 140 valence electrons. The maximum absolute atomic E-state index is 12.6. The van der Waals surface area contributed by atoms with Gasteiger partial charge in [0.25, 0.3) is 0 Å². The monoisotopic (exact) mass is 388 g/mol. The highest BCUT2D eigenvalue weighted by atomic mass is 32.1. The predicted octanol–water partition coefficient (Wildman–Crippen LogP) is 4.67. The number of imidazole rings is 1. The van der Waals surface area contributed by atoms with E-state index in [9.17, 15) is 4.79 Å². The van der Waals surface area contributed by atoms with Gasteiger partial charge >= 0.3 is 0 Å². The number of anilines is 1. The minimum absolute atomic E-state index is 0.0259. The van der Waals surface area contributed by atoms with E-state index in [4.69, 9.17) is 4.98 Å². The van der Waals surface area contributed by atoms with E-state index < -0.39 is 0 Å². The maximum Gasteiger partial charge on any atom is 0.228 e. The molecule has 1 N–H and O–H groups in total. The molecule has 0 fully saturated rings. The summed E-state index contributed by atoms with van der Waals surface area (Å²) in [6.45, 7) is 2.94. The van der Waals surface area contributed by atoms with Gasteiger partial charge in [0.1, 0.15) is 10.8 Å². The average Bonchev–Trinajstić information content (AvgIpc) is 3.34. The van der Waals surface area contributed by atoms with Crippen LogP contribution in [-0.2, 0) is 17.8 Å². The van der Waals surface area contributed by atoms with E-state index in [1.165, 1.54) is 10.3 Å². The fraction of sp³-hybridized carbons (Fsp3) is 0.227. The molecule has 2 aromatic carbocycles. The fourth-order valence-electron chi connectivity index (χ4n) is 3.67. The summed E-state index contributed by atoms with van der Waals surface area (Å²) in [5.74, 6) is 1.03. The summed E-state index contributed by atoms with van der Waals surface area (Å²) >= 11 is 1.69. The van der Waals surface area contributed by atoms with Gasteiger partial charge in [-0.15, -0.1) is 11.3 Å². The molecule has 5 rings (SSSR count). The number of rotatable bonds is 3. The SMILES string of the molecule is Cc1ccc2nc(-c3ccc(NC(=O)C4CCn5ccnc5C4)cc3)sc2c1. The molecule has 6 heteroatoms. The van der Waals surface area contributed by atoms with Crippen molar-refractivity contribution < 1.29 is 4.79 Å². The first-order chi connectivity index (χ1) is 13.7. The standard InChI is InChI=1S/C22H20N4OS/c1-14-2-7-18-19(12-14)28-22(25-18)15-3-5-17(6-4-15)24-21(27)16-8-10-26-11-9-23-20(26)13-16/h2-7,9,11-12,16H,8,10,13H2,1H3,(H,24,27). The summed E-state index contributed by atoms with van der Waals surface area (Å²) in [5.41, 5.74) is 4.15. The summed E-state index contributed by atoms with van der Waals surface area (Å²) in [4.78, 5) is 21.7. The maximum atomic E-state index is 12.6. The van der Waals surface area contributed by atoms with Crippen LogP contribution in [0.1, 0.15) is 17.8 Å². The Hall–Kier alpha value is -2.99. The van der Waals surface area contributed by atoms with Gasteiger partial charge in [0.15, 0.2) is 0 Å². The summed E-state index contributed by atoms with van der Waals surface area (Å²) in [5, 5.41) is 4.05. The van der Waals surface area contributed by atoms with Gasteiger partial charge in [0.2, 0.25) is 5.91 Å². The molecule has 0 spiro atoms. The molecule has 28 heavy (non-hydrogen) atoms. The third-order valence-corrected chi connectivity index (χ3v) is 6.33. The third-order valence-electron chi connectivity index (χ3n) is 5.26. The first kappa shape index (κ1) is 17.1. The van der Waals surface area contributed by atoms with Crippen molar-refractivity contribution in [2.45, 2.75) is 26.3 Å². The van der Waals surface area contributed by atoms with Crippen molar-refractivity contribution >= 4 is 33.1 Å². The molecule has 1 aliphatic rings. The number of carbonyl (C=O) groups is 1. The predicted molar refractivity (Wildman–Crippen MR) is 112 cm³/mol. The highest BCUT2D eigenvalue weighted by Crippen LogP contribution is 2.31. The first-order valence-electron chi connectivity index (χ1n) is 9.44. The number of thiazole rings is 1. The van der Waals surface area contributed by atoms with Gasteiger partial charge in [-0.25, -0.2) is 9.97 Å². The minimum Gasteiger partial charge on any atom is -0.335 e. The van der Waals surface area contributed by atoms with Crippen LogP contribution in [0.5, 0.6) is 0 Å². The molecular formula is C22H20N4OS. The Balaban J connectivity index is 1.30. The average molecular weight is 388 g/mol. The quantitative estimate of drug-likeness (QED) is 0.555. The molecule has 3 heterocycles. The highest BCUT2D eigenvalue weighted by molar-refractivity contribution is 7.21. The largest absolute Gasteiger partial charge is 0.335 e. The van der Waals surface area contributed by atoms with Crippen molar-refractivity contribution in [1.82, 2.24) is 14.5 Å². The molecule has 5 nitrogen and oxygen atoms in total. The van der Waals surface area contributed by atoms with Crippen LogP contribution in [-0.4, -0.2) is 20.4 Å². The molecule has 0 aliphatic carbocycles. The summed E-state index contributed by atoms with van der Waals surface area (Å²) in [6, 6.07) is 14.3. The van der Waals surface area contributed by atoms with Crippen LogP contribution in [0.3, 0.4) is 0 Å². The van der Waals surface area contributed by atoms with Gasteiger partial charge in [0.05, 0.1) is 10.2 Å². The molecule has 1 atom stereocenters. The van der Waals surface area contributed by atoms with Crippen LogP contribution in [0.25, 0.3) is 20.8 Å². The molecule has 0 radical (unpaired) electrons. The number of benzene rings is 2. The van der Waals surface area contributed by atoms with Crippen LogP contribution in [0, 0.1) is 12.8 Å². The Kier molecular flexibility index (Phi) is 4.20. The number of fused-ring (bicyclic) bond motifs is 2. The first-order valence-corrected chi connectivity index (χ1v) is 10.3. The summed E-state index contributed by atoms with van der Waals surface area (Å²) in [7, 11) is 0. The van der Waals surface area contributed by atoms with E-state index in [1.807, 2.05) is 30.5 Å². The minimum atomic E-state index is -0.0259. The molecule has 1 unspecified atom stereocenters. The van der Waals surface area contributed by atoms with Gasteiger partial charge in [-0.1, -0.05) is 6.07 Å². The number of carbonyl (C=O) groups excluding carboxylic acids is 1. The molecule has 1 amide bonds. The smallest absolute Gasteiger partial charge is 0.228 e. The molecule has 0 saturated heterocycles. The number of amides is 1. The Labute approximate surface area is 167 Å². The summed E-state index contributed by atoms with van der Waals surface area (Å²) in [6.07, 6.45) is 5.32. The van der Waals surface area contributed by atoms with Crippen LogP contribution in [0.4, 0.5) is 5.69 Å². The second kappa shape index (κ2) is 6.87. The van der Waals surface area contributed by atoms with E-state index in [0.29, 0.717) is 6.42 Å². The van der Waals surface area contributed by atoms with Gasteiger partial charge in [-0.3, -0.25) is 4.79 Å². The third kappa shape index (κ3) is 3.20. The number of nitrogens with zero attached hydrogens (tertiary/aromatic N) is 3. The Morgan fingerprint density at radius 2 is 2.07 bits per heavy atom. The second-order valence-electron chi connectivity index (χ2n) is 7.28. The van der Waals surface area contributed by atoms with Crippen molar-refractivity contribution in [3.05, 3.63) is 66.2 Å². The van der Waals surface area contributed by atoms with Crippen LogP contribution in [0.15, 0.2) is 54.9 Å². The van der Waals surface area contributed by atoms with E-state index in [2.05, 4.69) is 40.0 Å². The molecule has 4 aromatic rings. The van der Waals surface area contributed by atoms with E-state index in [0.717, 1.165) is 40.6 Å². The number of hydrogen-bond donors (Lipinski definition) is 1. The van der Waals surface area contributed by atoms with Crippen molar-refractivity contribution in [3.8, 4) is 10.6 Å². The molecule has 2 aromatic heterocycles. The van der Waals surface area contributed by atoms with E-state index in [-0.39, 0.29) is 11.8 Å².